The second kappa shape index (κ2) is 9.55. The molecule has 172 valence electrons. The van der Waals surface area contributed by atoms with Gasteiger partial charge in [0.1, 0.15) is 11.4 Å². The molecule has 2 aromatic carbocycles. The van der Waals surface area contributed by atoms with Crippen LogP contribution in [0.15, 0.2) is 41.8 Å². The molecule has 1 aliphatic heterocycles. The summed E-state index contributed by atoms with van der Waals surface area (Å²) in [6.45, 7) is 5.05. The number of nitrogens with one attached hydrogen (secondary N) is 1. The Bertz CT molecular complexity index is 1190. The van der Waals surface area contributed by atoms with Crippen molar-refractivity contribution in [1.29, 1.82) is 0 Å². The number of benzene rings is 2. The Kier molecular flexibility index (Phi) is 6.57. The van der Waals surface area contributed by atoms with Crippen LogP contribution in [0.3, 0.4) is 0 Å². The number of carbonyl (C=O) groups excluding carboxylic acids is 1. The summed E-state index contributed by atoms with van der Waals surface area (Å²) in [5, 5.41) is 16.7. The number of thiazole rings is 1. The van der Waals surface area contributed by atoms with Gasteiger partial charge in [-0.2, -0.15) is 0 Å². The van der Waals surface area contributed by atoms with Crippen molar-refractivity contribution in [3.8, 4) is 17.0 Å². The molecular formula is C23H25N5O4S. The van der Waals surface area contributed by atoms with E-state index < -0.39 is 10.8 Å². The normalized spacial score (nSPS) is 14.2. The van der Waals surface area contributed by atoms with Crippen molar-refractivity contribution in [3.05, 3.63) is 63.0 Å². The molecule has 3 aromatic rings. The first-order valence-corrected chi connectivity index (χ1v) is 11.4. The third-order valence-electron chi connectivity index (χ3n) is 5.63. The topological polar surface area (TPSA) is 101 Å². The van der Waals surface area contributed by atoms with E-state index in [0.29, 0.717) is 35.4 Å². The maximum Gasteiger partial charge on any atom is 0.293 e. The van der Waals surface area contributed by atoms with Crippen molar-refractivity contribution in [2.75, 3.05) is 50.6 Å². The average molecular weight is 468 g/mol. The number of nitro groups is 1. The largest absolute Gasteiger partial charge is 0.496 e. The van der Waals surface area contributed by atoms with Crippen molar-refractivity contribution >= 4 is 33.8 Å². The highest BCUT2D eigenvalue weighted by Gasteiger charge is 2.24. The van der Waals surface area contributed by atoms with Gasteiger partial charge in [-0.3, -0.25) is 20.2 Å². The molecule has 0 bridgehead atoms. The fraction of sp³-hybridized carbons (Fsp3) is 0.304. The summed E-state index contributed by atoms with van der Waals surface area (Å²) in [6, 6.07) is 10.4. The van der Waals surface area contributed by atoms with Gasteiger partial charge < -0.3 is 14.5 Å². The molecule has 1 aliphatic rings. The van der Waals surface area contributed by atoms with Crippen molar-refractivity contribution < 1.29 is 14.5 Å². The Morgan fingerprint density at radius 1 is 1.18 bits per heavy atom. The number of amides is 1. The summed E-state index contributed by atoms with van der Waals surface area (Å²) in [4.78, 5) is 32.8. The van der Waals surface area contributed by atoms with E-state index in [1.807, 2.05) is 42.5 Å². The Hall–Kier alpha value is -3.50. The molecule has 1 aromatic heterocycles. The number of rotatable bonds is 6. The molecule has 1 amide bonds. The molecule has 1 fully saturated rings. The summed E-state index contributed by atoms with van der Waals surface area (Å²) >= 11 is 1.28. The van der Waals surface area contributed by atoms with Crippen molar-refractivity contribution in [1.82, 2.24) is 9.88 Å². The van der Waals surface area contributed by atoms with Gasteiger partial charge in [0.05, 0.1) is 17.7 Å². The smallest absolute Gasteiger partial charge is 0.293 e. The first kappa shape index (κ1) is 22.7. The van der Waals surface area contributed by atoms with Gasteiger partial charge in [-0.1, -0.05) is 11.6 Å². The number of nitro benzene ring substituents is 1. The Morgan fingerprint density at radius 2 is 1.94 bits per heavy atom. The van der Waals surface area contributed by atoms with E-state index in [2.05, 4.69) is 15.2 Å². The predicted octanol–water partition coefficient (Wildman–Crippen LogP) is 4.04. The van der Waals surface area contributed by atoms with Gasteiger partial charge in [-0.25, -0.2) is 4.98 Å². The maximum atomic E-state index is 12.8. The number of hydrogen-bond donors (Lipinski definition) is 1. The van der Waals surface area contributed by atoms with E-state index >= 15 is 0 Å². The molecule has 0 aliphatic carbocycles. The highest BCUT2D eigenvalue weighted by Crippen LogP contribution is 2.34. The van der Waals surface area contributed by atoms with Crippen LogP contribution in [-0.4, -0.2) is 61.1 Å². The van der Waals surface area contributed by atoms with Crippen LogP contribution < -0.4 is 15.0 Å². The number of methoxy groups -OCH3 is 1. The number of likely N-dealkylation sites (N-methyl/N-ethyl adjacent to an activating group) is 1. The summed E-state index contributed by atoms with van der Waals surface area (Å²) in [5.74, 6) is 0.249. The molecule has 0 unspecified atom stereocenters. The quantitative estimate of drug-likeness (QED) is 0.431. The summed E-state index contributed by atoms with van der Waals surface area (Å²) in [6.07, 6.45) is 0. The van der Waals surface area contributed by atoms with Crippen LogP contribution in [0.5, 0.6) is 5.75 Å². The van der Waals surface area contributed by atoms with E-state index in [0.717, 1.165) is 24.2 Å². The van der Waals surface area contributed by atoms with Gasteiger partial charge in [0.25, 0.3) is 11.6 Å². The molecule has 0 radical (unpaired) electrons. The van der Waals surface area contributed by atoms with Crippen LogP contribution in [0, 0.1) is 17.0 Å². The Labute approximate surface area is 195 Å². The van der Waals surface area contributed by atoms with Crippen LogP contribution in [0.25, 0.3) is 11.3 Å². The van der Waals surface area contributed by atoms with Gasteiger partial charge >= 0.3 is 0 Å². The summed E-state index contributed by atoms with van der Waals surface area (Å²) < 4.78 is 5.42. The number of aromatic nitrogens is 1. The molecule has 4 rings (SSSR count). The zero-order valence-corrected chi connectivity index (χ0v) is 19.5. The summed E-state index contributed by atoms with van der Waals surface area (Å²) in [5.41, 5.74) is 3.26. The van der Waals surface area contributed by atoms with Crippen LogP contribution in [-0.2, 0) is 0 Å². The minimum absolute atomic E-state index is 0.0727. The molecule has 0 spiro atoms. The Morgan fingerprint density at radius 3 is 2.64 bits per heavy atom. The second-order valence-electron chi connectivity index (χ2n) is 7.95. The highest BCUT2D eigenvalue weighted by atomic mass is 32.1. The van der Waals surface area contributed by atoms with E-state index in [-0.39, 0.29) is 11.3 Å². The third kappa shape index (κ3) is 4.96. The van der Waals surface area contributed by atoms with Crippen molar-refractivity contribution in [2.45, 2.75) is 6.92 Å². The zero-order chi connectivity index (χ0) is 23.5. The molecular weight excluding hydrogens is 442 g/mol. The standard InChI is InChI=1S/C23H25N5O4S/c1-15-4-7-21(32-3)17(12-15)18-14-33-23(24-18)25-22(29)16-5-6-19(20(13-16)28(30)31)27-10-8-26(2)9-11-27/h4-7,12-14H,8-11H2,1-3H3,(H,24,25,29). The monoisotopic (exact) mass is 467 g/mol. The van der Waals surface area contributed by atoms with Gasteiger partial charge in [0.15, 0.2) is 5.13 Å². The van der Waals surface area contributed by atoms with Gasteiger partial charge in [0.2, 0.25) is 0 Å². The van der Waals surface area contributed by atoms with Crippen LogP contribution in [0.1, 0.15) is 15.9 Å². The van der Waals surface area contributed by atoms with Gasteiger partial charge in [0, 0.05) is 48.8 Å². The first-order chi connectivity index (χ1) is 15.9. The molecule has 1 N–H and O–H groups in total. The lowest BCUT2D eigenvalue weighted by molar-refractivity contribution is -0.384. The second-order valence-corrected chi connectivity index (χ2v) is 8.80. The fourth-order valence-electron chi connectivity index (χ4n) is 3.77. The van der Waals surface area contributed by atoms with Gasteiger partial charge in [-0.05, 0) is 38.2 Å². The number of ether oxygens (including phenoxy) is 1. The van der Waals surface area contributed by atoms with Crippen LogP contribution >= 0.6 is 11.3 Å². The number of anilines is 2. The fourth-order valence-corrected chi connectivity index (χ4v) is 4.48. The minimum atomic E-state index is -0.444. The van der Waals surface area contributed by atoms with Crippen molar-refractivity contribution in [3.63, 3.8) is 0 Å². The van der Waals surface area contributed by atoms with Gasteiger partial charge in [-0.15, -0.1) is 11.3 Å². The van der Waals surface area contributed by atoms with Crippen molar-refractivity contribution in [2.24, 2.45) is 0 Å². The van der Waals surface area contributed by atoms with E-state index in [1.54, 1.807) is 19.2 Å². The third-order valence-corrected chi connectivity index (χ3v) is 6.39. The molecule has 0 saturated carbocycles. The zero-order valence-electron chi connectivity index (χ0n) is 18.7. The number of carbonyl (C=O) groups is 1. The number of aryl methyl sites for hydroxylation is 1. The molecule has 33 heavy (non-hydrogen) atoms. The number of nitrogens with zero attached hydrogens (tertiary/aromatic N) is 4. The molecule has 0 atom stereocenters. The molecule has 10 heteroatoms. The molecule has 9 nitrogen and oxygen atoms in total. The minimum Gasteiger partial charge on any atom is -0.496 e. The lowest BCUT2D eigenvalue weighted by atomic mass is 10.1. The Balaban J connectivity index is 1.54. The lowest BCUT2D eigenvalue weighted by Gasteiger charge is -2.33. The average Bonchev–Trinajstić information content (AvgIpc) is 3.27. The van der Waals surface area contributed by atoms with Crippen LogP contribution in [0.2, 0.25) is 0 Å². The SMILES string of the molecule is COc1ccc(C)cc1-c1csc(NC(=O)c2ccc(N3CCN(C)CC3)c([N+](=O)[O-])c2)n1. The molecule has 2 heterocycles. The molecule has 1 saturated heterocycles. The van der Waals surface area contributed by atoms with Crippen LogP contribution in [0.4, 0.5) is 16.5 Å². The predicted molar refractivity (Wildman–Crippen MR) is 130 cm³/mol. The number of hydrogen-bond acceptors (Lipinski definition) is 8. The van der Waals surface area contributed by atoms with E-state index in [4.69, 9.17) is 4.74 Å². The highest BCUT2D eigenvalue weighted by molar-refractivity contribution is 7.14. The maximum absolute atomic E-state index is 12.8. The lowest BCUT2D eigenvalue weighted by Crippen LogP contribution is -2.44. The number of piperazine rings is 1. The van der Waals surface area contributed by atoms with E-state index in [1.165, 1.54) is 17.4 Å². The first-order valence-electron chi connectivity index (χ1n) is 10.5. The van der Waals surface area contributed by atoms with E-state index in [9.17, 15) is 14.9 Å². The summed E-state index contributed by atoms with van der Waals surface area (Å²) in [7, 11) is 3.63.